The Balaban J connectivity index is 2.05. The Kier molecular flexibility index (Phi) is 4.64. The molecule has 0 saturated carbocycles. The summed E-state index contributed by atoms with van der Waals surface area (Å²) in [5.74, 6) is 1.04. The highest BCUT2D eigenvalue weighted by Gasteiger charge is 2.08. The van der Waals surface area contributed by atoms with Crippen molar-refractivity contribution < 1.29 is 9.84 Å². The van der Waals surface area contributed by atoms with Crippen LogP contribution < -0.4 is 10.1 Å². The van der Waals surface area contributed by atoms with E-state index in [-0.39, 0.29) is 11.8 Å². The minimum Gasteiger partial charge on any atom is -0.508 e. The molecular formula is C17H21NO2. The second kappa shape index (κ2) is 6.44. The average molecular weight is 271 g/mol. The zero-order chi connectivity index (χ0) is 14.5. The highest BCUT2D eigenvalue weighted by Crippen LogP contribution is 2.23. The Labute approximate surface area is 120 Å². The fourth-order valence-corrected chi connectivity index (χ4v) is 2.15. The molecule has 0 saturated heterocycles. The fourth-order valence-electron chi connectivity index (χ4n) is 2.15. The lowest BCUT2D eigenvalue weighted by Gasteiger charge is -2.16. The van der Waals surface area contributed by atoms with E-state index < -0.39 is 0 Å². The SMILES string of the molecule is COc1ccc(O)c(CN[C@H](C)c2cccc(C)c2)c1. The summed E-state index contributed by atoms with van der Waals surface area (Å²) in [4.78, 5) is 0. The van der Waals surface area contributed by atoms with E-state index in [1.807, 2.05) is 6.07 Å². The summed E-state index contributed by atoms with van der Waals surface area (Å²) in [5.41, 5.74) is 3.33. The minimum absolute atomic E-state index is 0.223. The van der Waals surface area contributed by atoms with Crippen LogP contribution in [0.5, 0.6) is 11.5 Å². The van der Waals surface area contributed by atoms with Crippen LogP contribution in [0.3, 0.4) is 0 Å². The number of benzene rings is 2. The van der Waals surface area contributed by atoms with Crippen molar-refractivity contribution in [3.8, 4) is 11.5 Å². The van der Waals surface area contributed by atoms with Gasteiger partial charge in [0.25, 0.3) is 0 Å². The van der Waals surface area contributed by atoms with Gasteiger partial charge in [-0.2, -0.15) is 0 Å². The quantitative estimate of drug-likeness (QED) is 0.873. The van der Waals surface area contributed by atoms with E-state index in [0.29, 0.717) is 6.54 Å². The van der Waals surface area contributed by atoms with Gasteiger partial charge in [-0.05, 0) is 37.6 Å². The Morgan fingerprint density at radius 3 is 2.70 bits per heavy atom. The van der Waals surface area contributed by atoms with Gasteiger partial charge in [0.2, 0.25) is 0 Å². The molecular weight excluding hydrogens is 250 g/mol. The van der Waals surface area contributed by atoms with Gasteiger partial charge in [-0.1, -0.05) is 29.8 Å². The molecule has 20 heavy (non-hydrogen) atoms. The molecule has 0 amide bonds. The lowest BCUT2D eigenvalue weighted by Crippen LogP contribution is -2.18. The maximum atomic E-state index is 9.86. The first-order valence-corrected chi connectivity index (χ1v) is 6.76. The highest BCUT2D eigenvalue weighted by molar-refractivity contribution is 5.39. The van der Waals surface area contributed by atoms with Crippen molar-refractivity contribution in [2.75, 3.05) is 7.11 Å². The predicted octanol–water partition coefficient (Wildman–Crippen LogP) is 3.56. The number of phenols is 1. The third-order valence-electron chi connectivity index (χ3n) is 3.43. The molecule has 106 valence electrons. The summed E-state index contributed by atoms with van der Waals surface area (Å²) in [6, 6.07) is 13.9. The Morgan fingerprint density at radius 1 is 1.20 bits per heavy atom. The van der Waals surface area contributed by atoms with Crippen molar-refractivity contribution in [1.82, 2.24) is 5.32 Å². The maximum absolute atomic E-state index is 9.86. The van der Waals surface area contributed by atoms with Crippen LogP contribution in [0.25, 0.3) is 0 Å². The molecule has 0 aromatic heterocycles. The fraction of sp³-hybridized carbons (Fsp3) is 0.294. The van der Waals surface area contributed by atoms with Crippen LogP contribution in [0, 0.1) is 6.92 Å². The minimum atomic E-state index is 0.223. The van der Waals surface area contributed by atoms with Gasteiger partial charge in [0.05, 0.1) is 7.11 Å². The van der Waals surface area contributed by atoms with Crippen molar-refractivity contribution >= 4 is 0 Å². The molecule has 3 heteroatoms. The maximum Gasteiger partial charge on any atom is 0.120 e. The summed E-state index contributed by atoms with van der Waals surface area (Å²) in [6.07, 6.45) is 0. The molecule has 2 aromatic rings. The summed E-state index contributed by atoms with van der Waals surface area (Å²) < 4.78 is 5.18. The first-order chi connectivity index (χ1) is 9.60. The van der Waals surface area contributed by atoms with Crippen molar-refractivity contribution in [2.24, 2.45) is 0 Å². The first-order valence-electron chi connectivity index (χ1n) is 6.76. The molecule has 0 aliphatic heterocycles. The third kappa shape index (κ3) is 3.52. The van der Waals surface area contributed by atoms with E-state index in [9.17, 15) is 5.11 Å². The number of aromatic hydroxyl groups is 1. The van der Waals surface area contributed by atoms with Crippen molar-refractivity contribution in [3.05, 3.63) is 59.2 Å². The number of hydrogen-bond acceptors (Lipinski definition) is 3. The van der Waals surface area contributed by atoms with Crippen molar-refractivity contribution in [1.29, 1.82) is 0 Å². The van der Waals surface area contributed by atoms with Gasteiger partial charge in [-0.25, -0.2) is 0 Å². The molecule has 2 aromatic carbocycles. The normalized spacial score (nSPS) is 12.2. The highest BCUT2D eigenvalue weighted by atomic mass is 16.5. The molecule has 0 spiro atoms. The van der Waals surface area contributed by atoms with E-state index >= 15 is 0 Å². The molecule has 0 heterocycles. The van der Waals surface area contributed by atoms with E-state index in [0.717, 1.165) is 11.3 Å². The molecule has 3 nitrogen and oxygen atoms in total. The van der Waals surface area contributed by atoms with Crippen LogP contribution in [0.1, 0.15) is 29.7 Å². The summed E-state index contributed by atoms with van der Waals surface area (Å²) in [7, 11) is 1.62. The molecule has 0 radical (unpaired) electrons. The Morgan fingerprint density at radius 2 is 2.00 bits per heavy atom. The van der Waals surface area contributed by atoms with E-state index in [1.165, 1.54) is 11.1 Å². The van der Waals surface area contributed by atoms with Gasteiger partial charge >= 0.3 is 0 Å². The number of rotatable bonds is 5. The topological polar surface area (TPSA) is 41.5 Å². The predicted molar refractivity (Wildman–Crippen MR) is 81.1 cm³/mol. The summed E-state index contributed by atoms with van der Waals surface area (Å²) in [6.45, 7) is 4.80. The number of hydrogen-bond donors (Lipinski definition) is 2. The van der Waals surface area contributed by atoms with Crippen LogP contribution in [-0.4, -0.2) is 12.2 Å². The number of nitrogens with one attached hydrogen (secondary N) is 1. The Bertz CT molecular complexity index is 581. The third-order valence-corrected chi connectivity index (χ3v) is 3.43. The van der Waals surface area contributed by atoms with E-state index in [1.54, 1.807) is 19.2 Å². The second-order valence-electron chi connectivity index (χ2n) is 5.01. The van der Waals surface area contributed by atoms with Crippen LogP contribution in [0.2, 0.25) is 0 Å². The van der Waals surface area contributed by atoms with Crippen LogP contribution in [0.15, 0.2) is 42.5 Å². The zero-order valence-corrected chi connectivity index (χ0v) is 12.2. The number of phenolic OH excluding ortho intramolecular Hbond substituents is 1. The van der Waals surface area contributed by atoms with E-state index in [4.69, 9.17) is 4.74 Å². The molecule has 2 rings (SSSR count). The Hall–Kier alpha value is -2.00. The largest absolute Gasteiger partial charge is 0.508 e. The van der Waals surface area contributed by atoms with Crippen molar-refractivity contribution in [2.45, 2.75) is 26.4 Å². The number of ether oxygens (including phenoxy) is 1. The molecule has 2 N–H and O–H groups in total. The van der Waals surface area contributed by atoms with Gasteiger partial charge in [0.15, 0.2) is 0 Å². The average Bonchev–Trinajstić information content (AvgIpc) is 2.46. The molecule has 0 aliphatic rings. The van der Waals surface area contributed by atoms with Crippen LogP contribution in [-0.2, 0) is 6.54 Å². The number of methoxy groups -OCH3 is 1. The summed E-state index contributed by atoms with van der Waals surface area (Å²) in [5, 5.41) is 13.3. The smallest absolute Gasteiger partial charge is 0.120 e. The monoisotopic (exact) mass is 271 g/mol. The van der Waals surface area contributed by atoms with Gasteiger partial charge in [-0.3, -0.25) is 0 Å². The van der Waals surface area contributed by atoms with Crippen molar-refractivity contribution in [3.63, 3.8) is 0 Å². The lowest BCUT2D eigenvalue weighted by atomic mass is 10.1. The molecule has 0 bridgehead atoms. The lowest BCUT2D eigenvalue weighted by molar-refractivity contribution is 0.409. The molecule has 0 fully saturated rings. The zero-order valence-electron chi connectivity index (χ0n) is 12.2. The van der Waals surface area contributed by atoms with Crippen LogP contribution in [0.4, 0.5) is 0 Å². The first kappa shape index (κ1) is 14.4. The second-order valence-corrected chi connectivity index (χ2v) is 5.01. The van der Waals surface area contributed by atoms with E-state index in [2.05, 4.69) is 43.4 Å². The van der Waals surface area contributed by atoms with Gasteiger partial charge < -0.3 is 15.2 Å². The van der Waals surface area contributed by atoms with Gasteiger partial charge in [0.1, 0.15) is 11.5 Å². The van der Waals surface area contributed by atoms with Gasteiger partial charge in [-0.15, -0.1) is 0 Å². The van der Waals surface area contributed by atoms with Crippen LogP contribution >= 0.6 is 0 Å². The number of aryl methyl sites for hydroxylation is 1. The van der Waals surface area contributed by atoms with Gasteiger partial charge in [0, 0.05) is 18.2 Å². The molecule has 0 unspecified atom stereocenters. The molecule has 0 aliphatic carbocycles. The molecule has 1 atom stereocenters. The standard InChI is InChI=1S/C17H21NO2/c1-12-5-4-6-14(9-12)13(2)18-11-15-10-16(20-3)7-8-17(15)19/h4-10,13,18-19H,11H2,1-3H3/t13-/m1/s1. The summed E-state index contributed by atoms with van der Waals surface area (Å²) >= 11 is 0.